The van der Waals surface area contributed by atoms with Crippen LogP contribution in [0.5, 0.6) is 0 Å². The van der Waals surface area contributed by atoms with E-state index in [2.05, 4.69) is 50.9 Å². The van der Waals surface area contributed by atoms with Gasteiger partial charge in [0, 0.05) is 33.5 Å². The van der Waals surface area contributed by atoms with Gasteiger partial charge < -0.3 is 13.7 Å². The minimum absolute atomic E-state index is 0.447. The molecule has 44 heavy (non-hydrogen) atoms. The van der Waals surface area contributed by atoms with Crippen molar-refractivity contribution in [2.45, 2.75) is 38.9 Å². The molecular weight excluding hydrogens is 547 g/mol. The molecule has 0 aliphatic carbocycles. The molecule has 0 radical (unpaired) electrons. The number of hydrogen-bond acceptors (Lipinski definition) is 7. The Kier molecular flexibility index (Phi) is 5.95. The van der Waals surface area contributed by atoms with E-state index in [0.717, 1.165) is 55.0 Å². The van der Waals surface area contributed by atoms with E-state index in [1.165, 1.54) is 0 Å². The van der Waals surface area contributed by atoms with Gasteiger partial charge in [0.25, 0.3) is 0 Å². The van der Waals surface area contributed by atoms with Gasteiger partial charge in [0.05, 0.1) is 22.3 Å². The van der Waals surface area contributed by atoms with Crippen molar-refractivity contribution in [1.29, 1.82) is 0 Å². The molecular formula is C36H29BN4O3. The Bertz CT molecular complexity index is 2210. The summed E-state index contributed by atoms with van der Waals surface area (Å²) in [5, 5.41) is 3.08. The summed E-state index contributed by atoms with van der Waals surface area (Å²) in [5.41, 5.74) is 4.99. The van der Waals surface area contributed by atoms with Gasteiger partial charge in [-0.1, -0.05) is 60.7 Å². The average Bonchev–Trinajstić information content (AvgIpc) is 3.53. The molecule has 7 nitrogen and oxygen atoms in total. The first kappa shape index (κ1) is 26.7. The molecule has 7 aromatic rings. The molecule has 8 heteroatoms. The Balaban J connectivity index is 1.31. The summed E-state index contributed by atoms with van der Waals surface area (Å²) in [7, 11) is -0.502. The van der Waals surface area contributed by atoms with E-state index in [9.17, 15) is 0 Å². The summed E-state index contributed by atoms with van der Waals surface area (Å²) in [6.07, 6.45) is 1.79. The Hall–Kier alpha value is -4.92. The molecule has 0 saturated carbocycles. The van der Waals surface area contributed by atoms with Crippen molar-refractivity contribution in [3.63, 3.8) is 0 Å². The van der Waals surface area contributed by atoms with E-state index < -0.39 is 18.3 Å². The van der Waals surface area contributed by atoms with E-state index in [1.807, 2.05) is 78.9 Å². The fraction of sp³-hybridized carbons (Fsp3) is 0.167. The SMILES string of the molecule is CC1(C)OB(c2cccc(-c3nc(-c4ccc5ncccc5c4)nc(-c4cccc5c4oc4ccccc45)n3)c2)OC1(C)C. The Morgan fingerprint density at radius 3 is 2.14 bits per heavy atom. The quantitative estimate of drug-likeness (QED) is 0.199. The largest absolute Gasteiger partial charge is 0.494 e. The van der Waals surface area contributed by atoms with Crippen LogP contribution in [0.3, 0.4) is 0 Å². The maximum atomic E-state index is 6.37. The standard InChI is InChI=1S/C36H29BN4O3/c1-35(2)36(3,4)44-37(43-35)25-12-7-10-23(21-25)32-39-33(24-17-18-29-22(20-24)11-9-19-38-29)41-34(40-32)28-15-8-14-27-26-13-5-6-16-30(26)42-31(27)28/h5-21H,1-4H3. The van der Waals surface area contributed by atoms with Crippen LogP contribution in [0.1, 0.15) is 27.7 Å². The molecule has 4 aromatic carbocycles. The fourth-order valence-electron chi connectivity index (χ4n) is 5.70. The Morgan fingerprint density at radius 1 is 0.614 bits per heavy atom. The van der Waals surface area contributed by atoms with E-state index in [1.54, 1.807) is 6.20 Å². The Labute approximate surface area is 255 Å². The predicted molar refractivity (Wildman–Crippen MR) is 174 cm³/mol. The van der Waals surface area contributed by atoms with Crippen molar-refractivity contribution in [2.75, 3.05) is 0 Å². The summed E-state index contributed by atoms with van der Waals surface area (Å²) in [6.45, 7) is 8.22. The van der Waals surface area contributed by atoms with Crippen molar-refractivity contribution in [1.82, 2.24) is 19.9 Å². The van der Waals surface area contributed by atoms with Crippen LogP contribution in [-0.4, -0.2) is 38.3 Å². The average molecular weight is 576 g/mol. The highest BCUT2D eigenvalue weighted by Crippen LogP contribution is 2.38. The first-order valence-electron chi connectivity index (χ1n) is 14.7. The van der Waals surface area contributed by atoms with Crippen LogP contribution in [0.25, 0.3) is 67.0 Å². The maximum Gasteiger partial charge on any atom is 0.494 e. The van der Waals surface area contributed by atoms with Gasteiger partial charge in [-0.05, 0) is 69.6 Å². The molecule has 0 atom stereocenters. The molecule has 8 rings (SSSR count). The maximum absolute atomic E-state index is 6.37. The lowest BCUT2D eigenvalue weighted by Crippen LogP contribution is -2.41. The lowest BCUT2D eigenvalue weighted by molar-refractivity contribution is 0.00578. The lowest BCUT2D eigenvalue weighted by atomic mass is 9.78. The van der Waals surface area contributed by atoms with Gasteiger partial charge in [-0.2, -0.15) is 0 Å². The molecule has 4 heterocycles. The number of furan rings is 1. The smallest absolute Gasteiger partial charge is 0.455 e. The Morgan fingerprint density at radius 2 is 1.32 bits per heavy atom. The fourth-order valence-corrected chi connectivity index (χ4v) is 5.70. The van der Waals surface area contributed by atoms with E-state index in [4.69, 9.17) is 28.7 Å². The molecule has 1 saturated heterocycles. The third kappa shape index (κ3) is 4.37. The van der Waals surface area contributed by atoms with Crippen LogP contribution in [-0.2, 0) is 9.31 Å². The number of para-hydroxylation sites is 2. The highest BCUT2D eigenvalue weighted by Gasteiger charge is 2.51. The van der Waals surface area contributed by atoms with Gasteiger partial charge in [-0.15, -0.1) is 0 Å². The molecule has 3 aromatic heterocycles. The topological polar surface area (TPSA) is 83.2 Å². The zero-order valence-electron chi connectivity index (χ0n) is 24.9. The minimum atomic E-state index is -0.502. The van der Waals surface area contributed by atoms with Gasteiger partial charge in [0.2, 0.25) is 0 Å². The number of benzene rings is 4. The molecule has 0 amide bonds. The summed E-state index contributed by atoms with van der Waals surface area (Å²) in [6, 6.07) is 32.2. The number of fused-ring (bicyclic) bond motifs is 4. The van der Waals surface area contributed by atoms with Crippen molar-refractivity contribution in [2.24, 2.45) is 0 Å². The third-order valence-electron chi connectivity index (χ3n) is 8.81. The molecule has 0 bridgehead atoms. The molecule has 0 N–H and O–H groups in total. The molecule has 0 spiro atoms. The van der Waals surface area contributed by atoms with Crippen molar-refractivity contribution in [3.8, 4) is 34.2 Å². The van der Waals surface area contributed by atoms with Crippen molar-refractivity contribution in [3.05, 3.63) is 103 Å². The second-order valence-electron chi connectivity index (χ2n) is 12.2. The van der Waals surface area contributed by atoms with Gasteiger partial charge in [0.1, 0.15) is 11.2 Å². The van der Waals surface area contributed by atoms with Crippen LogP contribution in [0.15, 0.2) is 108 Å². The van der Waals surface area contributed by atoms with E-state index in [-0.39, 0.29) is 0 Å². The highest BCUT2D eigenvalue weighted by molar-refractivity contribution is 6.62. The van der Waals surface area contributed by atoms with Gasteiger partial charge >= 0.3 is 7.12 Å². The van der Waals surface area contributed by atoms with Gasteiger partial charge in [0.15, 0.2) is 17.5 Å². The van der Waals surface area contributed by atoms with Crippen LogP contribution in [0, 0.1) is 0 Å². The number of pyridine rings is 1. The monoisotopic (exact) mass is 576 g/mol. The second-order valence-corrected chi connectivity index (χ2v) is 12.2. The zero-order valence-corrected chi connectivity index (χ0v) is 24.9. The summed E-state index contributed by atoms with van der Waals surface area (Å²) in [4.78, 5) is 19.5. The second kappa shape index (κ2) is 9.81. The number of hydrogen-bond donors (Lipinski definition) is 0. The molecule has 0 unspecified atom stereocenters. The van der Waals surface area contributed by atoms with Crippen LogP contribution < -0.4 is 5.46 Å². The molecule has 1 fully saturated rings. The highest BCUT2D eigenvalue weighted by atomic mass is 16.7. The summed E-state index contributed by atoms with van der Waals surface area (Å²) in [5.74, 6) is 1.63. The van der Waals surface area contributed by atoms with Gasteiger partial charge in [-0.25, -0.2) is 15.0 Å². The van der Waals surface area contributed by atoms with E-state index >= 15 is 0 Å². The molecule has 1 aliphatic rings. The zero-order chi connectivity index (χ0) is 30.1. The van der Waals surface area contributed by atoms with Crippen LogP contribution in [0.4, 0.5) is 0 Å². The normalized spacial score (nSPS) is 15.9. The first-order valence-corrected chi connectivity index (χ1v) is 14.7. The van der Waals surface area contributed by atoms with Gasteiger partial charge in [-0.3, -0.25) is 4.98 Å². The van der Waals surface area contributed by atoms with E-state index in [0.29, 0.717) is 17.5 Å². The number of rotatable bonds is 4. The number of aromatic nitrogens is 4. The molecule has 1 aliphatic heterocycles. The molecule has 214 valence electrons. The first-order chi connectivity index (χ1) is 21.3. The van der Waals surface area contributed by atoms with Crippen LogP contribution in [0.2, 0.25) is 0 Å². The van der Waals surface area contributed by atoms with Crippen molar-refractivity contribution >= 4 is 45.4 Å². The summed E-state index contributed by atoms with van der Waals surface area (Å²) >= 11 is 0. The van der Waals surface area contributed by atoms with Crippen molar-refractivity contribution < 1.29 is 13.7 Å². The summed E-state index contributed by atoms with van der Waals surface area (Å²) < 4.78 is 19.1. The number of nitrogens with zero attached hydrogens (tertiary/aromatic N) is 4. The lowest BCUT2D eigenvalue weighted by Gasteiger charge is -2.32. The minimum Gasteiger partial charge on any atom is -0.455 e. The van der Waals surface area contributed by atoms with Crippen LogP contribution >= 0.6 is 0 Å². The third-order valence-corrected chi connectivity index (χ3v) is 8.81. The predicted octanol–water partition coefficient (Wildman–Crippen LogP) is 7.62.